The summed E-state index contributed by atoms with van der Waals surface area (Å²) in [6, 6.07) is 13.6. The highest BCUT2D eigenvalue weighted by Crippen LogP contribution is 2.50. The second kappa shape index (κ2) is 8.68. The molecule has 0 heterocycles. The normalized spacial score (nSPS) is 20.4. The van der Waals surface area contributed by atoms with E-state index in [9.17, 15) is 4.79 Å². The lowest BCUT2D eigenvalue weighted by Crippen LogP contribution is -2.53. The summed E-state index contributed by atoms with van der Waals surface area (Å²) < 4.78 is 6.18. The van der Waals surface area contributed by atoms with Gasteiger partial charge in [-0.25, -0.2) is 0 Å². The Morgan fingerprint density at radius 2 is 1.66 bits per heavy atom. The molecule has 0 bridgehead atoms. The summed E-state index contributed by atoms with van der Waals surface area (Å²) in [4.78, 5) is 12.8. The van der Waals surface area contributed by atoms with E-state index < -0.39 is 11.2 Å². The maximum atomic E-state index is 12.8. The first-order valence-corrected chi connectivity index (χ1v) is 11.5. The molecule has 1 fully saturated rings. The monoisotopic (exact) mass is 435 g/mol. The molecule has 0 aromatic heterocycles. The van der Waals surface area contributed by atoms with Crippen LogP contribution >= 0.6 is 0 Å². The molecule has 4 nitrogen and oxygen atoms in total. The average molecular weight is 435 g/mol. The Balaban J connectivity index is 1.69. The van der Waals surface area contributed by atoms with E-state index in [1.807, 2.05) is 70.2 Å². The summed E-state index contributed by atoms with van der Waals surface area (Å²) in [5.41, 5.74) is 3.19. The predicted octanol–water partition coefficient (Wildman–Crippen LogP) is 4.72. The Bertz CT molecular complexity index is 973. The van der Waals surface area contributed by atoms with Crippen LogP contribution in [0.25, 0.3) is 0 Å². The van der Waals surface area contributed by atoms with Crippen molar-refractivity contribution in [1.82, 2.24) is 0 Å². The maximum Gasteiger partial charge on any atom is 0.331 e. The van der Waals surface area contributed by atoms with Crippen LogP contribution < -0.4 is 10.8 Å². The minimum Gasteiger partial charge on any atom is -0.439 e. The van der Waals surface area contributed by atoms with Gasteiger partial charge in [-0.2, -0.15) is 0 Å². The third-order valence-corrected chi connectivity index (χ3v) is 7.22. The summed E-state index contributed by atoms with van der Waals surface area (Å²) >= 11 is 0. The summed E-state index contributed by atoms with van der Waals surface area (Å²) in [6.45, 7) is 16.6. The first-order valence-electron chi connectivity index (χ1n) is 11.5. The maximum absolute atomic E-state index is 12.8. The number of carbonyl (C=O) groups is 1. The highest BCUT2D eigenvalue weighted by molar-refractivity contribution is 6.48. The quantitative estimate of drug-likeness (QED) is 0.505. The van der Waals surface area contributed by atoms with Crippen LogP contribution in [0.4, 0.5) is 5.69 Å². The molecule has 0 saturated heterocycles. The van der Waals surface area contributed by atoms with Crippen molar-refractivity contribution in [3.05, 3.63) is 59.2 Å². The Morgan fingerprint density at radius 1 is 1.06 bits per heavy atom. The fraction of sp³-hybridized carbons (Fsp3) is 0.519. The van der Waals surface area contributed by atoms with Crippen molar-refractivity contribution in [2.24, 2.45) is 11.8 Å². The molecule has 1 aliphatic carbocycles. The van der Waals surface area contributed by atoms with Gasteiger partial charge in [0.1, 0.15) is 5.60 Å². The zero-order chi connectivity index (χ0) is 23.9. The molecule has 3 N–H and O–H groups in total. The summed E-state index contributed by atoms with van der Waals surface area (Å²) in [7, 11) is 1.74. The summed E-state index contributed by atoms with van der Waals surface area (Å²) in [5.74, 6) is 0.814. The lowest BCUT2D eigenvalue weighted by atomic mass is 9.77. The fourth-order valence-corrected chi connectivity index (χ4v) is 4.14. The van der Waals surface area contributed by atoms with Gasteiger partial charge in [-0.3, -0.25) is 4.79 Å². The summed E-state index contributed by atoms with van der Waals surface area (Å²) in [6.07, 6.45) is 1.09. The number of rotatable bonds is 7. The van der Waals surface area contributed by atoms with Crippen LogP contribution in [-0.4, -0.2) is 29.7 Å². The fourth-order valence-electron chi connectivity index (χ4n) is 4.14. The molecule has 2 aromatic rings. The van der Waals surface area contributed by atoms with Crippen LogP contribution in [0.5, 0.6) is 0 Å². The van der Waals surface area contributed by atoms with Gasteiger partial charge in [0.05, 0.1) is 0 Å². The SMILES string of the molecule is Cc1c([B]OC(C)(C)C(C)([OH2+])[C@H]2CC2C)cccc1NC(=O)c1ccc(C(C)(C)C)cc1. The molecule has 1 saturated carbocycles. The van der Waals surface area contributed by atoms with E-state index in [0.29, 0.717) is 17.4 Å². The van der Waals surface area contributed by atoms with Crippen LogP contribution in [0, 0.1) is 18.8 Å². The molecule has 3 atom stereocenters. The predicted molar refractivity (Wildman–Crippen MR) is 134 cm³/mol. The second-order valence-electron chi connectivity index (χ2n) is 11.1. The molecule has 1 aliphatic rings. The van der Waals surface area contributed by atoms with Crippen LogP contribution in [0.2, 0.25) is 0 Å². The molecule has 1 radical (unpaired) electrons. The Labute approximate surface area is 194 Å². The molecule has 2 unspecified atom stereocenters. The van der Waals surface area contributed by atoms with Crippen molar-refractivity contribution in [3.63, 3.8) is 0 Å². The number of amides is 1. The van der Waals surface area contributed by atoms with Crippen LogP contribution in [0.1, 0.15) is 76.4 Å². The first-order chi connectivity index (χ1) is 14.7. The van der Waals surface area contributed by atoms with Gasteiger partial charge in [-0.05, 0) is 73.3 Å². The van der Waals surface area contributed by atoms with Gasteiger partial charge >= 0.3 is 7.48 Å². The average Bonchev–Trinajstić information content (AvgIpc) is 3.45. The van der Waals surface area contributed by atoms with E-state index in [0.717, 1.165) is 23.1 Å². The number of carbonyl (C=O) groups excluding carboxylic acids is 1. The highest BCUT2D eigenvalue weighted by Gasteiger charge is 2.59. The van der Waals surface area contributed by atoms with Gasteiger partial charge in [-0.1, -0.05) is 52.0 Å². The van der Waals surface area contributed by atoms with Gasteiger partial charge in [0, 0.05) is 24.1 Å². The van der Waals surface area contributed by atoms with E-state index >= 15 is 0 Å². The van der Waals surface area contributed by atoms with Crippen molar-refractivity contribution in [2.75, 3.05) is 5.32 Å². The van der Waals surface area contributed by atoms with E-state index in [4.69, 9.17) is 9.76 Å². The third-order valence-electron chi connectivity index (χ3n) is 7.22. The van der Waals surface area contributed by atoms with Crippen molar-refractivity contribution in [3.8, 4) is 0 Å². The number of benzene rings is 2. The number of hydrogen-bond acceptors (Lipinski definition) is 2. The van der Waals surface area contributed by atoms with Crippen molar-refractivity contribution >= 4 is 24.5 Å². The molecular weight excluding hydrogens is 397 g/mol. The minimum atomic E-state index is -0.665. The molecule has 1 amide bonds. The van der Waals surface area contributed by atoms with Crippen molar-refractivity contribution < 1.29 is 14.6 Å². The number of hydrogen-bond donors (Lipinski definition) is 1. The Morgan fingerprint density at radius 3 is 2.19 bits per heavy atom. The van der Waals surface area contributed by atoms with Gasteiger partial charge in [-0.15, -0.1) is 0 Å². The topological polar surface area (TPSA) is 61.2 Å². The minimum absolute atomic E-state index is 0.0518. The highest BCUT2D eigenvalue weighted by atomic mass is 16.5. The molecule has 32 heavy (non-hydrogen) atoms. The molecule has 3 rings (SSSR count). The standard InChI is InChI=1S/C27H37BNO3/c1-17-16-21(17)27(8,31)26(6,7)32-28-22-10-9-11-23(18(22)2)29-24(30)19-12-14-20(15-13-19)25(3,4)5/h9-15,17,21,31H,16H2,1-8H3,(H,29,30)/p+1/t17?,21-,27?/m0/s1. The van der Waals surface area contributed by atoms with Crippen molar-refractivity contribution in [2.45, 2.75) is 78.4 Å². The van der Waals surface area contributed by atoms with Gasteiger partial charge in [0.25, 0.3) is 5.91 Å². The van der Waals surface area contributed by atoms with Crippen LogP contribution in [0.3, 0.4) is 0 Å². The zero-order valence-corrected chi connectivity index (χ0v) is 20.8. The van der Waals surface area contributed by atoms with Gasteiger partial charge < -0.3 is 15.1 Å². The molecule has 5 heteroatoms. The Kier molecular flexibility index (Phi) is 6.66. The van der Waals surface area contributed by atoms with Gasteiger partial charge in [0.15, 0.2) is 5.60 Å². The first kappa shape index (κ1) is 24.5. The lowest BCUT2D eigenvalue weighted by Gasteiger charge is -2.37. The van der Waals surface area contributed by atoms with E-state index in [-0.39, 0.29) is 11.3 Å². The van der Waals surface area contributed by atoms with E-state index in [1.54, 1.807) is 7.48 Å². The second-order valence-corrected chi connectivity index (χ2v) is 11.1. The van der Waals surface area contributed by atoms with Crippen molar-refractivity contribution in [1.29, 1.82) is 0 Å². The van der Waals surface area contributed by atoms with Gasteiger partial charge in [0.2, 0.25) is 0 Å². The molecule has 0 aliphatic heterocycles. The number of anilines is 1. The summed E-state index contributed by atoms with van der Waals surface area (Å²) in [5, 5.41) is 11.9. The van der Waals surface area contributed by atoms with E-state index in [1.165, 1.54) is 5.56 Å². The van der Waals surface area contributed by atoms with Crippen LogP contribution in [-0.2, 0) is 10.1 Å². The zero-order valence-electron chi connectivity index (χ0n) is 20.8. The lowest BCUT2D eigenvalue weighted by molar-refractivity contribution is -0.118. The van der Waals surface area contributed by atoms with Crippen LogP contribution in [0.15, 0.2) is 42.5 Å². The number of nitrogens with one attached hydrogen (secondary N) is 1. The molecule has 171 valence electrons. The molecule has 0 spiro atoms. The molecular formula is C27H38BNO3+. The third kappa shape index (κ3) is 5.10. The smallest absolute Gasteiger partial charge is 0.331 e. The van der Waals surface area contributed by atoms with E-state index in [2.05, 4.69) is 33.0 Å². The Hall–Kier alpha value is -2.11. The largest absolute Gasteiger partial charge is 0.439 e. The molecule has 2 aromatic carbocycles.